The van der Waals surface area contributed by atoms with E-state index >= 15 is 0 Å². The molecule has 7 heteroatoms. The topological polar surface area (TPSA) is 89.5 Å². The summed E-state index contributed by atoms with van der Waals surface area (Å²) in [5, 5.41) is 18.8. The Balaban J connectivity index is 1.86. The number of morpholine rings is 1. The molecule has 2 atom stereocenters. The molecule has 2 aliphatic heterocycles. The molecule has 0 radical (unpaired) electrons. The lowest BCUT2D eigenvalue weighted by atomic mass is 9.84. The first-order valence-corrected chi connectivity index (χ1v) is 8.58. The molecule has 1 amide bonds. The van der Waals surface area contributed by atoms with Gasteiger partial charge in [-0.15, -0.1) is 0 Å². The maximum Gasteiger partial charge on any atom is 0.262 e. The van der Waals surface area contributed by atoms with E-state index in [1.165, 1.54) is 11.8 Å². The van der Waals surface area contributed by atoms with Crippen LogP contribution in [0, 0.1) is 28.6 Å². The Kier molecular flexibility index (Phi) is 5.14. The number of rotatable bonds is 3. The van der Waals surface area contributed by atoms with Crippen LogP contribution in [0.25, 0.3) is 0 Å². The first kappa shape index (κ1) is 16.5. The number of hydrogen-bond acceptors (Lipinski definition) is 6. The molecule has 1 fully saturated rings. The van der Waals surface area contributed by atoms with Gasteiger partial charge < -0.3 is 9.64 Å². The fourth-order valence-corrected chi connectivity index (χ4v) is 4.20. The molecular formula is C17H16N4O2S. The zero-order chi connectivity index (χ0) is 16.9. The van der Waals surface area contributed by atoms with Gasteiger partial charge in [0.15, 0.2) is 5.17 Å². The van der Waals surface area contributed by atoms with Crippen LogP contribution < -0.4 is 0 Å². The highest BCUT2D eigenvalue weighted by Crippen LogP contribution is 2.39. The number of benzene rings is 1. The zero-order valence-electron chi connectivity index (χ0n) is 13.0. The van der Waals surface area contributed by atoms with Crippen LogP contribution in [0.2, 0.25) is 0 Å². The van der Waals surface area contributed by atoms with Gasteiger partial charge in [0.2, 0.25) is 0 Å². The lowest BCUT2D eigenvalue weighted by Gasteiger charge is -2.28. The fraction of sp³-hybridized carbons (Fsp3) is 0.412. The summed E-state index contributed by atoms with van der Waals surface area (Å²) >= 11 is 1.36. The van der Waals surface area contributed by atoms with E-state index in [1.807, 2.05) is 47.4 Å². The van der Waals surface area contributed by atoms with Gasteiger partial charge in [-0.1, -0.05) is 42.1 Å². The summed E-state index contributed by atoms with van der Waals surface area (Å²) in [5.74, 6) is -1.67. The van der Waals surface area contributed by atoms with Crippen LogP contribution in [0.1, 0.15) is 11.5 Å². The van der Waals surface area contributed by atoms with Gasteiger partial charge in [-0.05, 0) is 5.56 Å². The average molecular weight is 340 g/mol. The van der Waals surface area contributed by atoms with Crippen LogP contribution in [-0.2, 0) is 9.53 Å². The van der Waals surface area contributed by atoms with Crippen LogP contribution in [0.15, 0.2) is 35.3 Å². The summed E-state index contributed by atoms with van der Waals surface area (Å²) in [6, 6.07) is 13.3. The summed E-state index contributed by atoms with van der Waals surface area (Å²) in [6.45, 7) is 2.61. The van der Waals surface area contributed by atoms with Gasteiger partial charge >= 0.3 is 0 Å². The number of nitrogens with zero attached hydrogens (tertiary/aromatic N) is 4. The van der Waals surface area contributed by atoms with E-state index in [1.54, 1.807) is 0 Å². The molecule has 0 saturated carbocycles. The van der Waals surface area contributed by atoms with Crippen molar-refractivity contribution in [2.45, 2.75) is 11.2 Å². The van der Waals surface area contributed by atoms with E-state index in [-0.39, 0.29) is 5.91 Å². The smallest absolute Gasteiger partial charge is 0.262 e. The van der Waals surface area contributed by atoms with Crippen molar-refractivity contribution in [2.24, 2.45) is 10.9 Å². The molecule has 1 aromatic carbocycles. The third-order valence-electron chi connectivity index (χ3n) is 4.11. The van der Waals surface area contributed by atoms with E-state index in [2.05, 4.69) is 4.99 Å². The Hall–Kier alpha value is -2.35. The molecular weight excluding hydrogens is 324 g/mol. The van der Waals surface area contributed by atoms with Gasteiger partial charge in [0.1, 0.15) is 11.2 Å². The third-order valence-corrected chi connectivity index (χ3v) is 5.42. The number of ether oxygens (including phenoxy) is 1. The summed E-state index contributed by atoms with van der Waals surface area (Å²) in [4.78, 5) is 18.7. The van der Waals surface area contributed by atoms with Crippen molar-refractivity contribution in [2.75, 3.05) is 26.3 Å². The van der Waals surface area contributed by atoms with Crippen molar-refractivity contribution in [1.82, 2.24) is 4.90 Å². The minimum Gasteiger partial charge on any atom is -0.378 e. The van der Waals surface area contributed by atoms with Gasteiger partial charge in [0, 0.05) is 19.0 Å². The Morgan fingerprint density at radius 2 is 1.88 bits per heavy atom. The lowest BCUT2D eigenvalue weighted by Crippen LogP contribution is -2.39. The second kappa shape index (κ2) is 7.48. The molecule has 1 saturated heterocycles. The predicted octanol–water partition coefficient (Wildman–Crippen LogP) is 1.76. The monoisotopic (exact) mass is 340 g/mol. The van der Waals surface area contributed by atoms with Crippen LogP contribution in [0.3, 0.4) is 0 Å². The highest BCUT2D eigenvalue weighted by atomic mass is 32.2. The lowest BCUT2D eigenvalue weighted by molar-refractivity contribution is -0.117. The third kappa shape index (κ3) is 3.28. The van der Waals surface area contributed by atoms with Crippen molar-refractivity contribution in [3.05, 3.63) is 35.9 Å². The number of amidine groups is 1. The first-order valence-electron chi connectivity index (χ1n) is 7.70. The average Bonchev–Trinajstić information content (AvgIpc) is 3.02. The van der Waals surface area contributed by atoms with Crippen molar-refractivity contribution < 1.29 is 9.53 Å². The number of hydrogen-bond donors (Lipinski definition) is 0. The first-order chi connectivity index (χ1) is 11.7. The molecule has 6 nitrogen and oxygen atoms in total. The fourth-order valence-electron chi connectivity index (χ4n) is 2.88. The van der Waals surface area contributed by atoms with Gasteiger partial charge in [-0.25, -0.2) is 0 Å². The molecule has 0 aromatic heterocycles. The molecule has 24 heavy (non-hydrogen) atoms. The molecule has 0 bridgehead atoms. The van der Waals surface area contributed by atoms with Crippen molar-refractivity contribution in [1.29, 1.82) is 10.5 Å². The largest absolute Gasteiger partial charge is 0.378 e. The van der Waals surface area contributed by atoms with Crippen molar-refractivity contribution >= 4 is 22.8 Å². The molecule has 1 aromatic rings. The van der Waals surface area contributed by atoms with E-state index in [0.29, 0.717) is 31.5 Å². The van der Waals surface area contributed by atoms with Crippen molar-refractivity contribution in [3.8, 4) is 12.1 Å². The summed E-state index contributed by atoms with van der Waals surface area (Å²) in [7, 11) is 0. The van der Waals surface area contributed by atoms with Gasteiger partial charge in [-0.3, -0.25) is 4.79 Å². The Labute approximate surface area is 144 Å². The maximum atomic E-state index is 12.5. The molecule has 0 spiro atoms. The number of nitriles is 2. The second-order valence-electron chi connectivity index (χ2n) is 5.54. The number of aliphatic imine (C=N–C) groups is 1. The van der Waals surface area contributed by atoms with E-state index in [9.17, 15) is 15.3 Å². The van der Waals surface area contributed by atoms with Gasteiger partial charge in [-0.2, -0.15) is 15.5 Å². The van der Waals surface area contributed by atoms with E-state index in [4.69, 9.17) is 4.74 Å². The highest BCUT2D eigenvalue weighted by Gasteiger charge is 2.42. The minimum atomic E-state index is -0.895. The molecule has 0 N–H and O–H groups in total. The number of amides is 1. The standard InChI is InChI=1S/C17H16N4O2S/c18-10-13(11-19)14(12-4-2-1-3-5-12)15-16(22)20-17(24-15)21-6-8-23-9-7-21/h1-5,13-15H,6-9H2/t14-,15-/m1/s1. The summed E-state index contributed by atoms with van der Waals surface area (Å²) in [5.41, 5.74) is 0.815. The summed E-state index contributed by atoms with van der Waals surface area (Å²) < 4.78 is 5.33. The van der Waals surface area contributed by atoms with Crippen molar-refractivity contribution in [3.63, 3.8) is 0 Å². The maximum absolute atomic E-state index is 12.5. The second-order valence-corrected chi connectivity index (χ2v) is 6.65. The number of thioether (sulfide) groups is 1. The van der Waals surface area contributed by atoms with Crippen LogP contribution in [-0.4, -0.2) is 47.5 Å². The molecule has 2 aliphatic rings. The van der Waals surface area contributed by atoms with Crippen LogP contribution in [0.5, 0.6) is 0 Å². The van der Waals surface area contributed by atoms with E-state index in [0.717, 1.165) is 5.56 Å². The molecule has 3 rings (SSSR count). The Morgan fingerprint density at radius 3 is 2.50 bits per heavy atom. The Morgan fingerprint density at radius 1 is 1.21 bits per heavy atom. The van der Waals surface area contributed by atoms with Gasteiger partial charge in [0.25, 0.3) is 5.91 Å². The summed E-state index contributed by atoms with van der Waals surface area (Å²) in [6.07, 6.45) is 0. The molecule has 0 unspecified atom stereocenters. The quantitative estimate of drug-likeness (QED) is 0.833. The molecule has 0 aliphatic carbocycles. The zero-order valence-corrected chi connectivity index (χ0v) is 13.8. The Bertz CT molecular complexity index is 702. The highest BCUT2D eigenvalue weighted by molar-refractivity contribution is 8.15. The normalized spacial score (nSPS) is 22.0. The molecule has 2 heterocycles. The van der Waals surface area contributed by atoms with Crippen LogP contribution >= 0.6 is 11.8 Å². The molecule has 122 valence electrons. The predicted molar refractivity (Wildman–Crippen MR) is 90.1 cm³/mol. The van der Waals surface area contributed by atoms with Gasteiger partial charge in [0.05, 0.1) is 25.4 Å². The number of carbonyl (C=O) groups is 1. The van der Waals surface area contributed by atoms with E-state index < -0.39 is 17.1 Å². The minimum absolute atomic E-state index is 0.272. The SMILES string of the molecule is N#CC(C#N)[C@@H](c1ccccc1)[C@H]1SC(N2CCOCC2)=NC1=O. The number of carbonyl (C=O) groups excluding carboxylic acids is 1. The van der Waals surface area contributed by atoms with Crippen LogP contribution in [0.4, 0.5) is 0 Å².